The van der Waals surface area contributed by atoms with Crippen molar-refractivity contribution < 1.29 is 14.9 Å². The number of nitrogens with one attached hydrogen (secondary N) is 1. The predicted octanol–water partition coefficient (Wildman–Crippen LogP) is 1.78. The molecule has 2 atom stereocenters. The van der Waals surface area contributed by atoms with E-state index in [9.17, 15) is 10.2 Å². The molecule has 1 aliphatic rings. The highest BCUT2D eigenvalue weighted by Gasteiger charge is 2.38. The van der Waals surface area contributed by atoms with Gasteiger partial charge in [-0.2, -0.15) is 0 Å². The lowest BCUT2D eigenvalue weighted by Crippen LogP contribution is -2.45. The second-order valence-electron chi connectivity index (χ2n) is 4.74. The van der Waals surface area contributed by atoms with Gasteiger partial charge in [-0.15, -0.1) is 0 Å². The summed E-state index contributed by atoms with van der Waals surface area (Å²) in [7, 11) is 0. The van der Waals surface area contributed by atoms with Crippen LogP contribution in [0.4, 0.5) is 0 Å². The van der Waals surface area contributed by atoms with E-state index in [1.807, 2.05) is 13.0 Å². The minimum atomic E-state index is -0.804. The molecule has 100 valence electrons. The topological polar surface area (TPSA) is 61.7 Å². The van der Waals surface area contributed by atoms with E-state index in [0.29, 0.717) is 26.1 Å². The second-order valence-corrected chi connectivity index (χ2v) is 5.66. The van der Waals surface area contributed by atoms with E-state index in [1.165, 1.54) is 0 Å². The monoisotopic (exact) mass is 315 g/mol. The molecule has 0 aromatic heterocycles. The van der Waals surface area contributed by atoms with Crippen LogP contribution in [0.2, 0.25) is 0 Å². The molecule has 1 fully saturated rings. The van der Waals surface area contributed by atoms with Crippen molar-refractivity contribution in [2.45, 2.75) is 31.6 Å². The van der Waals surface area contributed by atoms with Gasteiger partial charge in [0.1, 0.15) is 11.4 Å². The van der Waals surface area contributed by atoms with E-state index in [2.05, 4.69) is 21.2 Å². The van der Waals surface area contributed by atoms with E-state index < -0.39 is 5.60 Å². The third-order valence-corrected chi connectivity index (χ3v) is 3.94. The fraction of sp³-hybridized carbons (Fsp3) is 0.538. The van der Waals surface area contributed by atoms with Gasteiger partial charge in [0.15, 0.2) is 0 Å². The van der Waals surface area contributed by atoms with Crippen LogP contribution in [-0.4, -0.2) is 35.1 Å². The Morgan fingerprint density at radius 2 is 2.33 bits per heavy atom. The van der Waals surface area contributed by atoms with Gasteiger partial charge in [0, 0.05) is 36.2 Å². The summed E-state index contributed by atoms with van der Waals surface area (Å²) in [6.45, 7) is 3.45. The van der Waals surface area contributed by atoms with Gasteiger partial charge in [0.05, 0.1) is 6.10 Å². The largest absolute Gasteiger partial charge is 0.508 e. The zero-order chi connectivity index (χ0) is 13.2. The summed E-state index contributed by atoms with van der Waals surface area (Å²) in [6.07, 6.45) is 0.493. The molecule has 0 saturated carbocycles. The average molecular weight is 316 g/mol. The van der Waals surface area contributed by atoms with Crippen LogP contribution < -0.4 is 5.32 Å². The number of hydrogen-bond acceptors (Lipinski definition) is 4. The average Bonchev–Trinajstić information content (AvgIpc) is 2.64. The first kappa shape index (κ1) is 13.8. The smallest absolute Gasteiger partial charge is 0.120 e. The quantitative estimate of drug-likeness (QED) is 0.792. The normalized spacial score (nSPS) is 27.6. The zero-order valence-electron chi connectivity index (χ0n) is 10.3. The molecule has 3 N–H and O–H groups in total. The van der Waals surface area contributed by atoms with Gasteiger partial charge in [-0.25, -0.2) is 0 Å². The first-order chi connectivity index (χ1) is 8.51. The van der Waals surface area contributed by atoms with Crippen LogP contribution >= 0.6 is 15.9 Å². The lowest BCUT2D eigenvalue weighted by Gasteiger charge is -2.26. The van der Waals surface area contributed by atoms with Crippen LogP contribution in [0, 0.1) is 0 Å². The fourth-order valence-corrected chi connectivity index (χ4v) is 2.52. The first-order valence-corrected chi connectivity index (χ1v) is 6.83. The highest BCUT2D eigenvalue weighted by molar-refractivity contribution is 9.10. The van der Waals surface area contributed by atoms with E-state index in [4.69, 9.17) is 4.74 Å². The number of phenolic OH excluding ortho intramolecular Hbond substituents is 1. The highest BCUT2D eigenvalue weighted by Crippen LogP contribution is 2.25. The summed E-state index contributed by atoms with van der Waals surface area (Å²) in [6, 6.07) is 5.30. The van der Waals surface area contributed by atoms with Crippen molar-refractivity contribution in [3.8, 4) is 5.75 Å². The maximum Gasteiger partial charge on any atom is 0.120 e. The molecule has 1 aromatic rings. The minimum absolute atomic E-state index is 0.152. The number of benzene rings is 1. The third kappa shape index (κ3) is 3.03. The summed E-state index contributed by atoms with van der Waals surface area (Å²) in [5.41, 5.74) is 0.00120. The van der Waals surface area contributed by atoms with E-state index in [-0.39, 0.29) is 11.9 Å². The molecule has 1 aromatic carbocycles. The van der Waals surface area contributed by atoms with Gasteiger partial charge in [-0.05, 0) is 25.1 Å². The number of hydrogen-bond donors (Lipinski definition) is 3. The van der Waals surface area contributed by atoms with E-state index >= 15 is 0 Å². The molecule has 18 heavy (non-hydrogen) atoms. The third-order valence-electron chi connectivity index (χ3n) is 3.45. The molecule has 4 nitrogen and oxygen atoms in total. The van der Waals surface area contributed by atoms with Crippen LogP contribution in [0.15, 0.2) is 22.7 Å². The zero-order valence-corrected chi connectivity index (χ0v) is 11.9. The van der Waals surface area contributed by atoms with Crippen molar-refractivity contribution in [1.82, 2.24) is 5.32 Å². The van der Waals surface area contributed by atoms with Gasteiger partial charge in [-0.3, -0.25) is 0 Å². The van der Waals surface area contributed by atoms with Crippen LogP contribution in [-0.2, 0) is 11.3 Å². The number of ether oxygens (including phenoxy) is 1. The Balaban J connectivity index is 1.90. The van der Waals surface area contributed by atoms with Gasteiger partial charge in [0.2, 0.25) is 0 Å². The Bertz CT molecular complexity index is 427. The number of phenols is 1. The van der Waals surface area contributed by atoms with Crippen molar-refractivity contribution in [3.05, 3.63) is 28.2 Å². The SMILES string of the molecule is CC1OCCC1(O)CNCc1cc(Br)ccc1O. The molecule has 1 saturated heterocycles. The summed E-state index contributed by atoms with van der Waals surface area (Å²) in [4.78, 5) is 0. The van der Waals surface area contributed by atoms with Crippen molar-refractivity contribution in [2.24, 2.45) is 0 Å². The fourth-order valence-electron chi connectivity index (χ4n) is 2.11. The standard InChI is InChI=1S/C13H18BrNO3/c1-9-13(17,4-5-18-9)8-15-7-10-6-11(14)2-3-12(10)16/h2-3,6,9,15-17H,4-5,7-8H2,1H3. The van der Waals surface area contributed by atoms with Crippen molar-refractivity contribution in [3.63, 3.8) is 0 Å². The lowest BCUT2D eigenvalue weighted by molar-refractivity contribution is -0.0263. The molecule has 1 aliphatic heterocycles. The predicted molar refractivity (Wildman–Crippen MR) is 72.5 cm³/mol. The molecular weight excluding hydrogens is 298 g/mol. The Kier molecular flexibility index (Phi) is 4.27. The molecule has 5 heteroatoms. The summed E-state index contributed by atoms with van der Waals surface area (Å²) in [5, 5.41) is 23.2. The second kappa shape index (κ2) is 5.57. The highest BCUT2D eigenvalue weighted by atomic mass is 79.9. The Morgan fingerprint density at radius 1 is 1.56 bits per heavy atom. The van der Waals surface area contributed by atoms with Gasteiger partial charge in [0.25, 0.3) is 0 Å². The Morgan fingerprint density at radius 3 is 3.00 bits per heavy atom. The van der Waals surface area contributed by atoms with Crippen LogP contribution in [0.5, 0.6) is 5.75 Å². The van der Waals surface area contributed by atoms with Gasteiger partial charge in [-0.1, -0.05) is 15.9 Å². The molecule has 0 spiro atoms. The number of halogens is 1. The lowest BCUT2D eigenvalue weighted by atomic mass is 9.96. The van der Waals surface area contributed by atoms with Crippen molar-refractivity contribution >= 4 is 15.9 Å². The van der Waals surface area contributed by atoms with Crippen LogP contribution in [0.1, 0.15) is 18.9 Å². The molecule has 0 bridgehead atoms. The van der Waals surface area contributed by atoms with Gasteiger partial charge < -0.3 is 20.3 Å². The molecule has 2 rings (SSSR count). The van der Waals surface area contributed by atoms with Gasteiger partial charge >= 0.3 is 0 Å². The first-order valence-electron chi connectivity index (χ1n) is 6.03. The van der Waals surface area contributed by atoms with Crippen LogP contribution in [0.25, 0.3) is 0 Å². The molecule has 1 heterocycles. The summed E-state index contributed by atoms with van der Waals surface area (Å²) >= 11 is 3.37. The van der Waals surface area contributed by atoms with Crippen LogP contribution in [0.3, 0.4) is 0 Å². The minimum Gasteiger partial charge on any atom is -0.508 e. The molecule has 2 unspecified atom stereocenters. The van der Waals surface area contributed by atoms with E-state index in [0.717, 1.165) is 10.0 Å². The molecular formula is C13H18BrNO3. The molecule has 0 radical (unpaired) electrons. The van der Waals surface area contributed by atoms with Crippen molar-refractivity contribution in [1.29, 1.82) is 0 Å². The summed E-state index contributed by atoms with van der Waals surface area (Å²) in [5.74, 6) is 0.258. The maximum atomic E-state index is 10.3. The molecule has 0 amide bonds. The number of aromatic hydroxyl groups is 1. The van der Waals surface area contributed by atoms with Crippen molar-refractivity contribution in [2.75, 3.05) is 13.2 Å². The number of aliphatic hydroxyl groups is 1. The maximum absolute atomic E-state index is 10.3. The Hall–Kier alpha value is -0.620. The summed E-state index contributed by atoms with van der Waals surface area (Å²) < 4.78 is 6.29. The number of rotatable bonds is 4. The van der Waals surface area contributed by atoms with E-state index in [1.54, 1.807) is 12.1 Å². The Labute approximate surface area is 115 Å². The molecule has 0 aliphatic carbocycles.